The van der Waals surface area contributed by atoms with Crippen molar-refractivity contribution in [2.24, 2.45) is 5.73 Å². The first-order valence-corrected chi connectivity index (χ1v) is 5.01. The summed E-state index contributed by atoms with van der Waals surface area (Å²) in [6.45, 7) is 4.79. The van der Waals surface area contributed by atoms with Gasteiger partial charge < -0.3 is 10.6 Å². The van der Waals surface area contributed by atoms with E-state index in [0.717, 1.165) is 0 Å². The first-order valence-electron chi connectivity index (χ1n) is 5.01. The van der Waals surface area contributed by atoms with Crippen molar-refractivity contribution in [3.8, 4) is 0 Å². The number of nitrogens with two attached hydrogens (primary N) is 1. The van der Waals surface area contributed by atoms with E-state index in [0.29, 0.717) is 13.1 Å². The predicted octanol–water partition coefficient (Wildman–Crippen LogP) is 0.0575. The third-order valence-corrected chi connectivity index (χ3v) is 2.18. The quantitative estimate of drug-likeness (QED) is 0.779. The van der Waals surface area contributed by atoms with Gasteiger partial charge >= 0.3 is 0 Å². The number of amides is 2. The normalized spacial score (nSPS) is 9.88. The molecule has 0 saturated carbocycles. The van der Waals surface area contributed by atoms with Crippen molar-refractivity contribution in [1.29, 1.82) is 0 Å². The number of primary amides is 1. The van der Waals surface area contributed by atoms with E-state index in [1.165, 1.54) is 12.4 Å². The largest absolute Gasteiger partial charge is 0.364 e. The van der Waals surface area contributed by atoms with Crippen molar-refractivity contribution in [2.45, 2.75) is 13.8 Å². The van der Waals surface area contributed by atoms with E-state index < -0.39 is 5.91 Å². The summed E-state index contributed by atoms with van der Waals surface area (Å²) in [5.74, 6) is -1.07. The van der Waals surface area contributed by atoms with E-state index in [-0.39, 0.29) is 17.3 Å². The van der Waals surface area contributed by atoms with E-state index in [2.05, 4.69) is 9.97 Å². The minimum absolute atomic E-state index is 0.0127. The molecule has 1 rings (SSSR count). The van der Waals surface area contributed by atoms with Crippen molar-refractivity contribution in [2.75, 3.05) is 13.1 Å². The number of carbonyl (C=O) groups excluding carboxylic acids is 2. The molecule has 0 atom stereocenters. The van der Waals surface area contributed by atoms with Crippen LogP contribution in [0.1, 0.15) is 34.8 Å². The van der Waals surface area contributed by atoms with Gasteiger partial charge in [-0.05, 0) is 13.8 Å². The molecule has 0 saturated heterocycles. The number of carbonyl (C=O) groups is 2. The zero-order valence-electron chi connectivity index (χ0n) is 9.30. The molecule has 16 heavy (non-hydrogen) atoms. The van der Waals surface area contributed by atoms with Crippen LogP contribution in [0.2, 0.25) is 0 Å². The maximum Gasteiger partial charge on any atom is 0.274 e. The van der Waals surface area contributed by atoms with Gasteiger partial charge in [-0.1, -0.05) is 0 Å². The average molecular weight is 222 g/mol. The molecule has 0 bridgehead atoms. The molecule has 1 heterocycles. The van der Waals surface area contributed by atoms with Crippen LogP contribution in [0.4, 0.5) is 0 Å². The Morgan fingerprint density at radius 2 is 1.69 bits per heavy atom. The summed E-state index contributed by atoms with van der Waals surface area (Å²) in [4.78, 5) is 32.2. The van der Waals surface area contributed by atoms with Crippen LogP contribution in [0.15, 0.2) is 12.4 Å². The molecule has 0 aliphatic rings. The molecule has 1 aromatic heterocycles. The second-order valence-corrected chi connectivity index (χ2v) is 3.10. The SMILES string of the molecule is CCN(CC)C(=O)c1nccnc1C(N)=O. The molecule has 86 valence electrons. The summed E-state index contributed by atoms with van der Waals surface area (Å²) in [6, 6.07) is 0. The van der Waals surface area contributed by atoms with E-state index in [1.54, 1.807) is 4.90 Å². The highest BCUT2D eigenvalue weighted by atomic mass is 16.2. The van der Waals surface area contributed by atoms with Gasteiger partial charge in [0.15, 0.2) is 11.4 Å². The molecular weight excluding hydrogens is 208 g/mol. The summed E-state index contributed by atoms with van der Waals surface area (Å²) in [7, 11) is 0. The molecule has 2 amide bonds. The topological polar surface area (TPSA) is 89.2 Å². The first kappa shape index (κ1) is 12.1. The van der Waals surface area contributed by atoms with E-state index in [9.17, 15) is 9.59 Å². The molecule has 2 N–H and O–H groups in total. The van der Waals surface area contributed by atoms with Crippen LogP contribution < -0.4 is 5.73 Å². The molecule has 6 nitrogen and oxygen atoms in total. The smallest absolute Gasteiger partial charge is 0.274 e. The molecule has 0 radical (unpaired) electrons. The molecule has 0 fully saturated rings. The number of nitrogens with zero attached hydrogens (tertiary/aromatic N) is 3. The summed E-state index contributed by atoms with van der Waals surface area (Å²) < 4.78 is 0. The summed E-state index contributed by atoms with van der Waals surface area (Å²) in [5.41, 5.74) is 5.05. The van der Waals surface area contributed by atoms with Crippen LogP contribution in [-0.2, 0) is 0 Å². The first-order chi connectivity index (χ1) is 7.61. The molecule has 0 spiro atoms. The van der Waals surface area contributed by atoms with Gasteiger partial charge in [-0.3, -0.25) is 9.59 Å². The Morgan fingerprint density at radius 1 is 1.19 bits per heavy atom. The maximum atomic E-state index is 11.9. The van der Waals surface area contributed by atoms with Gasteiger partial charge in [0.1, 0.15) is 0 Å². The summed E-state index contributed by atoms with van der Waals surface area (Å²) in [6.07, 6.45) is 2.70. The summed E-state index contributed by atoms with van der Waals surface area (Å²) >= 11 is 0. The van der Waals surface area contributed by atoms with Crippen molar-refractivity contribution in [3.05, 3.63) is 23.8 Å². The van der Waals surface area contributed by atoms with Crippen molar-refractivity contribution < 1.29 is 9.59 Å². The lowest BCUT2D eigenvalue weighted by atomic mass is 10.2. The van der Waals surface area contributed by atoms with Crippen LogP contribution >= 0.6 is 0 Å². The number of rotatable bonds is 4. The third kappa shape index (κ3) is 2.33. The second-order valence-electron chi connectivity index (χ2n) is 3.10. The van der Waals surface area contributed by atoms with Crippen LogP contribution in [0.5, 0.6) is 0 Å². The van der Waals surface area contributed by atoms with Crippen molar-refractivity contribution in [1.82, 2.24) is 14.9 Å². The lowest BCUT2D eigenvalue weighted by Crippen LogP contribution is -2.33. The fourth-order valence-corrected chi connectivity index (χ4v) is 1.34. The van der Waals surface area contributed by atoms with Crippen LogP contribution in [0, 0.1) is 0 Å². The van der Waals surface area contributed by atoms with E-state index in [4.69, 9.17) is 5.73 Å². The van der Waals surface area contributed by atoms with Gasteiger partial charge in [0.05, 0.1) is 0 Å². The van der Waals surface area contributed by atoms with Crippen LogP contribution in [0.3, 0.4) is 0 Å². The fraction of sp³-hybridized carbons (Fsp3) is 0.400. The monoisotopic (exact) mass is 222 g/mol. The number of hydrogen-bond donors (Lipinski definition) is 1. The average Bonchev–Trinajstić information content (AvgIpc) is 2.30. The Bertz CT molecular complexity index is 402. The Kier molecular flexibility index (Phi) is 3.93. The lowest BCUT2D eigenvalue weighted by molar-refractivity contribution is 0.0760. The Labute approximate surface area is 93.5 Å². The zero-order valence-corrected chi connectivity index (χ0v) is 9.30. The Morgan fingerprint density at radius 3 is 2.12 bits per heavy atom. The highest BCUT2D eigenvalue weighted by Crippen LogP contribution is 2.05. The van der Waals surface area contributed by atoms with Crippen LogP contribution in [0.25, 0.3) is 0 Å². The van der Waals surface area contributed by atoms with Crippen LogP contribution in [-0.4, -0.2) is 39.8 Å². The minimum atomic E-state index is -0.747. The molecular formula is C10H14N4O2. The second kappa shape index (κ2) is 5.20. The minimum Gasteiger partial charge on any atom is -0.364 e. The van der Waals surface area contributed by atoms with Gasteiger partial charge in [0.2, 0.25) is 0 Å². The van der Waals surface area contributed by atoms with Crippen molar-refractivity contribution in [3.63, 3.8) is 0 Å². The summed E-state index contributed by atoms with van der Waals surface area (Å²) in [5, 5.41) is 0. The van der Waals surface area contributed by atoms with Crippen molar-refractivity contribution >= 4 is 11.8 Å². The predicted molar refractivity (Wildman–Crippen MR) is 57.8 cm³/mol. The third-order valence-electron chi connectivity index (χ3n) is 2.18. The van der Waals surface area contributed by atoms with Gasteiger partial charge in [0, 0.05) is 25.5 Å². The fourth-order valence-electron chi connectivity index (χ4n) is 1.34. The molecule has 0 unspecified atom stereocenters. The Balaban J connectivity index is 3.12. The van der Waals surface area contributed by atoms with Gasteiger partial charge in [0.25, 0.3) is 11.8 Å². The standard InChI is InChI=1S/C10H14N4O2/c1-3-14(4-2)10(16)8-7(9(11)15)12-5-6-13-8/h5-6H,3-4H2,1-2H3,(H2,11,15). The van der Waals surface area contributed by atoms with Gasteiger partial charge in [-0.25, -0.2) is 9.97 Å². The number of hydrogen-bond acceptors (Lipinski definition) is 4. The highest BCUT2D eigenvalue weighted by molar-refractivity contribution is 6.03. The lowest BCUT2D eigenvalue weighted by Gasteiger charge is -2.18. The molecule has 0 aliphatic heterocycles. The highest BCUT2D eigenvalue weighted by Gasteiger charge is 2.21. The molecule has 6 heteroatoms. The Hall–Kier alpha value is -1.98. The molecule has 0 aromatic carbocycles. The zero-order chi connectivity index (χ0) is 12.1. The van der Waals surface area contributed by atoms with Gasteiger partial charge in [-0.15, -0.1) is 0 Å². The van der Waals surface area contributed by atoms with E-state index in [1.807, 2.05) is 13.8 Å². The van der Waals surface area contributed by atoms with Gasteiger partial charge in [-0.2, -0.15) is 0 Å². The molecule has 1 aromatic rings. The molecule has 0 aliphatic carbocycles. The number of aromatic nitrogens is 2. The maximum absolute atomic E-state index is 11.9. The van der Waals surface area contributed by atoms with E-state index >= 15 is 0 Å².